The molecule has 52 valence electrons. The summed E-state index contributed by atoms with van der Waals surface area (Å²) in [5.74, 6) is 0.253. The van der Waals surface area contributed by atoms with Crippen molar-refractivity contribution < 1.29 is 0 Å². The maximum absolute atomic E-state index is 5.77. The van der Waals surface area contributed by atoms with Gasteiger partial charge in [-0.15, -0.1) is 0 Å². The van der Waals surface area contributed by atoms with Gasteiger partial charge in [-0.25, -0.2) is 0 Å². The van der Waals surface area contributed by atoms with Crippen LogP contribution in [0.2, 0.25) is 5.82 Å². The van der Waals surface area contributed by atoms with E-state index in [0.717, 1.165) is 6.42 Å². The molecule has 1 aliphatic carbocycles. The highest BCUT2D eigenvalue weighted by molar-refractivity contribution is 6.13. The molecule has 0 saturated heterocycles. The average molecular weight is 132 g/mol. The maximum atomic E-state index is 5.77. The Balaban J connectivity index is 2.90. The normalized spacial score (nSPS) is 26.7. The van der Waals surface area contributed by atoms with Crippen molar-refractivity contribution in [3.05, 3.63) is 22.8 Å². The summed E-state index contributed by atoms with van der Waals surface area (Å²) in [6.07, 6.45) is 3.17. The van der Waals surface area contributed by atoms with E-state index in [9.17, 15) is 0 Å². The van der Waals surface area contributed by atoms with Gasteiger partial charge in [0.1, 0.15) is 0 Å². The van der Waals surface area contributed by atoms with Gasteiger partial charge >= 0.3 is 0 Å². The van der Waals surface area contributed by atoms with Crippen LogP contribution in [0.5, 0.6) is 0 Å². The van der Waals surface area contributed by atoms with Crippen molar-refractivity contribution in [2.75, 3.05) is 0 Å². The van der Waals surface area contributed by atoms with Crippen LogP contribution in [-0.2, 0) is 0 Å². The summed E-state index contributed by atoms with van der Waals surface area (Å²) in [6.45, 7) is 6.44. The van der Waals surface area contributed by atoms with E-state index in [0.29, 0.717) is 0 Å². The third kappa shape index (κ3) is 1.34. The summed E-state index contributed by atoms with van der Waals surface area (Å²) in [4.78, 5) is 0. The zero-order valence-electron chi connectivity index (χ0n) is 6.94. The molecule has 0 fully saturated rings. The lowest BCUT2D eigenvalue weighted by Gasteiger charge is -2.18. The Morgan fingerprint density at radius 3 is 2.50 bits per heavy atom. The second-order valence-electron chi connectivity index (χ2n) is 3.12. The first-order valence-corrected chi connectivity index (χ1v) is 3.72. The van der Waals surface area contributed by atoms with Crippen molar-refractivity contribution >= 4 is 7.85 Å². The minimum Gasteiger partial charge on any atom is -0.0866 e. The van der Waals surface area contributed by atoms with Crippen molar-refractivity contribution in [1.29, 1.82) is 0 Å². The fourth-order valence-electron chi connectivity index (χ4n) is 1.35. The fourth-order valence-corrected chi connectivity index (χ4v) is 1.35. The highest BCUT2D eigenvalue weighted by Crippen LogP contribution is 2.29. The molecular formula is C9H13B. The second kappa shape index (κ2) is 2.65. The van der Waals surface area contributed by atoms with Gasteiger partial charge in [-0.3, -0.25) is 0 Å². The average Bonchev–Trinajstić information content (AvgIpc) is 1.82. The van der Waals surface area contributed by atoms with E-state index in [-0.39, 0.29) is 5.82 Å². The van der Waals surface area contributed by atoms with Crippen LogP contribution in [0.1, 0.15) is 27.2 Å². The van der Waals surface area contributed by atoms with E-state index in [1.165, 1.54) is 16.7 Å². The molecule has 0 nitrogen and oxygen atoms in total. The Kier molecular flexibility index (Phi) is 2.03. The van der Waals surface area contributed by atoms with Gasteiger partial charge in [0.2, 0.25) is 0 Å². The molecule has 1 heteroatoms. The Hall–Kier alpha value is -0.455. The molecule has 0 amide bonds. The van der Waals surface area contributed by atoms with Gasteiger partial charge in [0, 0.05) is 0 Å². The van der Waals surface area contributed by atoms with Crippen LogP contribution in [0.25, 0.3) is 0 Å². The number of allylic oxidation sites excluding steroid dienone is 4. The molecular weight excluding hydrogens is 119 g/mol. The minimum absolute atomic E-state index is 0.253. The molecule has 0 N–H and O–H groups in total. The Morgan fingerprint density at radius 2 is 2.00 bits per heavy atom. The van der Waals surface area contributed by atoms with Crippen molar-refractivity contribution in [1.82, 2.24) is 0 Å². The smallest absolute Gasteiger partial charge is 0.0759 e. The largest absolute Gasteiger partial charge is 0.0866 e. The third-order valence-corrected chi connectivity index (χ3v) is 2.24. The molecule has 10 heavy (non-hydrogen) atoms. The summed E-state index contributed by atoms with van der Waals surface area (Å²) < 4.78 is 0. The standard InChI is InChI=1S/C9H13B/c1-6-4-9(10)5-7(2)8(6)3/h4,9H,5H2,1-3H3. The van der Waals surface area contributed by atoms with E-state index < -0.39 is 0 Å². The third-order valence-electron chi connectivity index (χ3n) is 2.24. The van der Waals surface area contributed by atoms with Crippen LogP contribution in [0.15, 0.2) is 22.8 Å². The molecule has 0 spiro atoms. The molecule has 0 heterocycles. The summed E-state index contributed by atoms with van der Waals surface area (Å²) >= 11 is 0. The van der Waals surface area contributed by atoms with Crippen LogP contribution in [-0.4, -0.2) is 7.85 Å². The van der Waals surface area contributed by atoms with Crippen LogP contribution < -0.4 is 0 Å². The monoisotopic (exact) mass is 132 g/mol. The van der Waals surface area contributed by atoms with E-state index >= 15 is 0 Å². The molecule has 0 aliphatic heterocycles. The first kappa shape index (κ1) is 7.65. The van der Waals surface area contributed by atoms with Gasteiger partial charge < -0.3 is 0 Å². The number of hydrogen-bond acceptors (Lipinski definition) is 0. The first-order chi connectivity index (χ1) is 4.61. The fraction of sp³-hybridized carbons (Fsp3) is 0.556. The van der Waals surface area contributed by atoms with Gasteiger partial charge in [-0.2, -0.15) is 0 Å². The number of rotatable bonds is 0. The van der Waals surface area contributed by atoms with E-state index in [1.807, 2.05) is 0 Å². The summed E-state index contributed by atoms with van der Waals surface area (Å²) in [6, 6.07) is 0. The van der Waals surface area contributed by atoms with E-state index in [2.05, 4.69) is 26.8 Å². The lowest BCUT2D eigenvalue weighted by Crippen LogP contribution is -2.00. The van der Waals surface area contributed by atoms with Crippen molar-refractivity contribution in [2.45, 2.75) is 33.0 Å². The lowest BCUT2D eigenvalue weighted by atomic mass is 9.76. The van der Waals surface area contributed by atoms with Gasteiger partial charge in [0.15, 0.2) is 0 Å². The molecule has 0 saturated carbocycles. The summed E-state index contributed by atoms with van der Waals surface area (Å²) in [5.41, 5.74) is 4.20. The van der Waals surface area contributed by atoms with E-state index in [4.69, 9.17) is 7.85 Å². The van der Waals surface area contributed by atoms with Crippen molar-refractivity contribution in [3.63, 3.8) is 0 Å². The van der Waals surface area contributed by atoms with Crippen LogP contribution >= 0.6 is 0 Å². The molecule has 0 aromatic carbocycles. The predicted octanol–water partition coefficient (Wildman–Crippen LogP) is 2.63. The SMILES string of the molecule is [B]C1C=C(C)C(C)=C(C)C1. The Morgan fingerprint density at radius 1 is 1.40 bits per heavy atom. The van der Waals surface area contributed by atoms with Crippen molar-refractivity contribution in [2.24, 2.45) is 0 Å². The van der Waals surface area contributed by atoms with Gasteiger partial charge in [0.25, 0.3) is 0 Å². The van der Waals surface area contributed by atoms with Crippen LogP contribution in [0.4, 0.5) is 0 Å². The van der Waals surface area contributed by atoms with Crippen molar-refractivity contribution in [3.8, 4) is 0 Å². The summed E-state index contributed by atoms with van der Waals surface area (Å²) in [5, 5.41) is 0. The number of hydrogen-bond donors (Lipinski definition) is 0. The Labute approximate surface area is 64.4 Å². The first-order valence-electron chi connectivity index (χ1n) is 3.72. The van der Waals surface area contributed by atoms with Gasteiger partial charge in [-0.05, 0) is 32.8 Å². The molecule has 1 atom stereocenters. The van der Waals surface area contributed by atoms with Gasteiger partial charge in [-0.1, -0.05) is 23.0 Å². The lowest BCUT2D eigenvalue weighted by molar-refractivity contribution is 0.913. The zero-order chi connectivity index (χ0) is 7.72. The maximum Gasteiger partial charge on any atom is 0.0759 e. The Bertz CT molecular complexity index is 199. The molecule has 1 aliphatic rings. The second-order valence-corrected chi connectivity index (χ2v) is 3.12. The van der Waals surface area contributed by atoms with Crippen LogP contribution in [0.3, 0.4) is 0 Å². The molecule has 1 rings (SSSR count). The zero-order valence-corrected chi connectivity index (χ0v) is 6.94. The van der Waals surface area contributed by atoms with E-state index in [1.54, 1.807) is 0 Å². The molecule has 2 radical (unpaired) electrons. The highest BCUT2D eigenvalue weighted by atomic mass is 14.1. The summed E-state index contributed by atoms with van der Waals surface area (Å²) in [7, 11) is 5.77. The predicted molar refractivity (Wildman–Crippen MR) is 46.3 cm³/mol. The molecule has 0 aromatic rings. The minimum atomic E-state index is 0.253. The quantitative estimate of drug-likeness (QED) is 0.444. The molecule has 0 bridgehead atoms. The molecule has 1 unspecified atom stereocenters. The topological polar surface area (TPSA) is 0 Å². The van der Waals surface area contributed by atoms with Gasteiger partial charge in [0.05, 0.1) is 7.85 Å². The highest BCUT2D eigenvalue weighted by Gasteiger charge is 2.09. The molecule has 0 aromatic heterocycles. The van der Waals surface area contributed by atoms with Crippen LogP contribution in [0, 0.1) is 0 Å².